The van der Waals surface area contributed by atoms with Crippen LogP contribution in [0.4, 0.5) is 13.2 Å². The molecule has 10 heteroatoms. The molecule has 6 nitrogen and oxygen atoms in total. The lowest BCUT2D eigenvalue weighted by molar-refractivity contribution is -0.141. The number of nitrogens with zero attached hydrogens (tertiary/aromatic N) is 1. The van der Waals surface area contributed by atoms with E-state index in [0.29, 0.717) is 37.0 Å². The molecule has 0 spiro atoms. The number of carbonyl (C=O) groups excluding carboxylic acids is 1. The third-order valence-electron chi connectivity index (χ3n) is 8.06. The summed E-state index contributed by atoms with van der Waals surface area (Å²) in [5, 5.41) is 2.66. The number of carbonyl (C=O) groups is 1. The lowest BCUT2D eigenvalue weighted by Crippen LogP contribution is -2.43. The molecule has 1 aromatic heterocycles. The second kappa shape index (κ2) is 10.1. The summed E-state index contributed by atoms with van der Waals surface area (Å²) in [4.78, 5) is 16.9. The van der Waals surface area contributed by atoms with Crippen molar-refractivity contribution in [1.29, 1.82) is 0 Å². The van der Waals surface area contributed by atoms with Crippen LogP contribution in [0.1, 0.15) is 99.2 Å². The molecule has 1 amide bonds. The van der Waals surface area contributed by atoms with E-state index in [4.69, 9.17) is 4.74 Å². The van der Waals surface area contributed by atoms with E-state index >= 15 is 0 Å². The summed E-state index contributed by atoms with van der Waals surface area (Å²) in [6, 6.07) is 0.929. The van der Waals surface area contributed by atoms with E-state index in [1.54, 1.807) is 13.8 Å². The smallest absolute Gasteiger partial charge is 0.433 e. The standard InChI is InChI=1S/C26H37F3N2O4S/c1-16(2)20-12-21(26(27,28)29)31-24(35-3)22(20)23(32)30-15-25(13-17-4-5-17)10-8-19(9-11-25)36(33,34)14-18-6-7-18/h12,16-19H,4-11,13-15H2,1-3H3,(H,30,32)/t19-,25+. The van der Waals surface area contributed by atoms with Crippen molar-refractivity contribution >= 4 is 15.7 Å². The number of amides is 1. The fourth-order valence-corrected chi connectivity index (χ4v) is 7.79. The van der Waals surface area contributed by atoms with E-state index in [1.165, 1.54) is 7.11 Å². The number of methoxy groups -OCH3 is 1. The van der Waals surface area contributed by atoms with Crippen LogP contribution in [0.25, 0.3) is 0 Å². The maximum absolute atomic E-state index is 13.4. The van der Waals surface area contributed by atoms with Gasteiger partial charge in [-0.3, -0.25) is 4.79 Å². The Hall–Kier alpha value is -1.84. The number of rotatable bonds is 10. The monoisotopic (exact) mass is 530 g/mol. The minimum Gasteiger partial charge on any atom is -0.480 e. The Labute approximate surface area is 211 Å². The first kappa shape index (κ1) is 27.2. The molecule has 0 bridgehead atoms. The van der Waals surface area contributed by atoms with Crippen LogP contribution in [0.5, 0.6) is 5.88 Å². The Morgan fingerprint density at radius 2 is 1.75 bits per heavy atom. The number of sulfone groups is 1. The van der Waals surface area contributed by atoms with Crippen LogP contribution in [-0.4, -0.2) is 44.0 Å². The van der Waals surface area contributed by atoms with Crippen LogP contribution in [0.15, 0.2) is 6.07 Å². The van der Waals surface area contributed by atoms with E-state index < -0.39 is 27.6 Å². The number of aromatic nitrogens is 1. The van der Waals surface area contributed by atoms with E-state index in [1.807, 2.05) is 0 Å². The fraction of sp³-hybridized carbons (Fsp3) is 0.769. The number of hydrogen-bond donors (Lipinski definition) is 1. The van der Waals surface area contributed by atoms with E-state index in [9.17, 15) is 26.4 Å². The van der Waals surface area contributed by atoms with Crippen molar-refractivity contribution in [2.24, 2.45) is 17.3 Å². The van der Waals surface area contributed by atoms with Gasteiger partial charge in [-0.25, -0.2) is 13.4 Å². The first-order valence-electron chi connectivity index (χ1n) is 13.0. The second-order valence-corrected chi connectivity index (χ2v) is 13.8. The second-order valence-electron chi connectivity index (χ2n) is 11.4. The number of hydrogen-bond acceptors (Lipinski definition) is 5. The average Bonchev–Trinajstić information content (AvgIpc) is 3.74. The van der Waals surface area contributed by atoms with E-state index in [0.717, 1.165) is 51.0 Å². The minimum atomic E-state index is -4.65. The maximum atomic E-state index is 13.4. The van der Waals surface area contributed by atoms with Crippen molar-refractivity contribution in [1.82, 2.24) is 10.3 Å². The van der Waals surface area contributed by atoms with E-state index in [2.05, 4.69) is 10.3 Å². The molecule has 3 fully saturated rings. The number of pyridine rings is 1. The average molecular weight is 531 g/mol. The molecule has 3 saturated carbocycles. The molecule has 1 aromatic rings. The molecule has 1 heterocycles. The Kier molecular flexibility index (Phi) is 7.66. The molecule has 4 rings (SSSR count). The predicted octanol–water partition coefficient (Wildman–Crippen LogP) is 5.52. The normalized spacial score (nSPS) is 25.1. The highest BCUT2D eigenvalue weighted by Gasteiger charge is 2.44. The molecule has 0 aromatic carbocycles. The van der Waals surface area contributed by atoms with Gasteiger partial charge in [0.25, 0.3) is 5.91 Å². The highest BCUT2D eigenvalue weighted by atomic mass is 32.2. The summed E-state index contributed by atoms with van der Waals surface area (Å²) >= 11 is 0. The zero-order valence-electron chi connectivity index (χ0n) is 21.3. The fourth-order valence-electron chi connectivity index (χ4n) is 5.57. The highest BCUT2D eigenvalue weighted by Crippen LogP contribution is 2.49. The maximum Gasteiger partial charge on any atom is 0.433 e. The molecular formula is C26H37F3N2O4S. The lowest BCUT2D eigenvalue weighted by atomic mass is 9.70. The summed E-state index contributed by atoms with van der Waals surface area (Å²) in [5.74, 6) is 0.0247. The summed E-state index contributed by atoms with van der Waals surface area (Å²) < 4.78 is 70.9. The Morgan fingerprint density at radius 1 is 1.14 bits per heavy atom. The van der Waals surface area contributed by atoms with Crippen molar-refractivity contribution in [3.05, 3.63) is 22.9 Å². The first-order valence-corrected chi connectivity index (χ1v) is 14.7. The Balaban J connectivity index is 1.50. The van der Waals surface area contributed by atoms with Crippen LogP contribution < -0.4 is 10.1 Å². The quantitative estimate of drug-likeness (QED) is 0.431. The SMILES string of the molecule is COc1nc(C(F)(F)F)cc(C(C)C)c1C(=O)NC[C@]1(CC2CC2)CC[C@H](S(=O)(=O)CC2CC2)CC1. The van der Waals surface area contributed by atoms with Crippen LogP contribution in [0, 0.1) is 17.3 Å². The van der Waals surface area contributed by atoms with Gasteiger partial charge in [0.15, 0.2) is 9.84 Å². The van der Waals surface area contributed by atoms with Crippen molar-refractivity contribution in [2.45, 2.75) is 89.0 Å². The van der Waals surface area contributed by atoms with Crippen molar-refractivity contribution in [3.63, 3.8) is 0 Å². The Bertz CT molecular complexity index is 1070. The Morgan fingerprint density at radius 3 is 2.25 bits per heavy atom. The van der Waals surface area contributed by atoms with Gasteiger partial charge in [-0.1, -0.05) is 26.7 Å². The summed E-state index contributed by atoms with van der Waals surface area (Å²) in [7, 11) is -1.89. The van der Waals surface area contributed by atoms with E-state index in [-0.39, 0.29) is 33.6 Å². The van der Waals surface area contributed by atoms with Gasteiger partial charge in [0.05, 0.1) is 18.1 Å². The summed E-state index contributed by atoms with van der Waals surface area (Å²) in [6.45, 7) is 3.81. The lowest BCUT2D eigenvalue weighted by Gasteiger charge is -2.40. The molecule has 0 saturated heterocycles. The molecule has 0 aliphatic heterocycles. The van der Waals surface area contributed by atoms with Gasteiger partial charge in [-0.15, -0.1) is 0 Å². The number of nitrogens with one attached hydrogen (secondary N) is 1. The molecule has 0 unspecified atom stereocenters. The molecule has 1 N–H and O–H groups in total. The molecule has 36 heavy (non-hydrogen) atoms. The van der Waals surface area contributed by atoms with Gasteiger partial charge >= 0.3 is 6.18 Å². The molecule has 0 atom stereocenters. The van der Waals surface area contributed by atoms with Crippen molar-refractivity contribution in [3.8, 4) is 5.88 Å². The van der Waals surface area contributed by atoms with Gasteiger partial charge in [0.1, 0.15) is 11.3 Å². The molecule has 3 aliphatic rings. The first-order chi connectivity index (χ1) is 16.8. The number of alkyl halides is 3. The van der Waals surface area contributed by atoms with Crippen molar-refractivity contribution < 1.29 is 31.1 Å². The van der Waals surface area contributed by atoms with Crippen LogP contribution in [0.3, 0.4) is 0 Å². The van der Waals surface area contributed by atoms with Gasteiger partial charge in [-0.2, -0.15) is 13.2 Å². The third kappa shape index (κ3) is 6.34. The topological polar surface area (TPSA) is 85.4 Å². The number of halogens is 3. The number of ether oxygens (including phenoxy) is 1. The van der Waals surface area contributed by atoms with Gasteiger partial charge in [0.2, 0.25) is 5.88 Å². The molecule has 3 aliphatic carbocycles. The molecule has 0 radical (unpaired) electrons. The van der Waals surface area contributed by atoms with Crippen LogP contribution in [-0.2, 0) is 16.0 Å². The van der Waals surface area contributed by atoms with Crippen LogP contribution in [0.2, 0.25) is 0 Å². The van der Waals surface area contributed by atoms with Crippen molar-refractivity contribution in [2.75, 3.05) is 19.4 Å². The van der Waals surface area contributed by atoms with Crippen LogP contribution >= 0.6 is 0 Å². The zero-order valence-corrected chi connectivity index (χ0v) is 22.1. The largest absolute Gasteiger partial charge is 0.480 e. The predicted molar refractivity (Wildman–Crippen MR) is 131 cm³/mol. The molecular weight excluding hydrogens is 493 g/mol. The summed E-state index contributed by atoms with van der Waals surface area (Å²) in [5.41, 5.74) is -1.02. The minimum absolute atomic E-state index is 0.0303. The summed E-state index contributed by atoms with van der Waals surface area (Å²) in [6.07, 6.45) is 3.21. The van der Waals surface area contributed by atoms with Gasteiger partial charge < -0.3 is 10.1 Å². The van der Waals surface area contributed by atoms with Gasteiger partial charge in [-0.05, 0) is 79.7 Å². The zero-order chi connectivity index (χ0) is 26.3. The molecule has 202 valence electrons. The third-order valence-corrected chi connectivity index (χ3v) is 10.5. The highest BCUT2D eigenvalue weighted by molar-refractivity contribution is 7.92. The van der Waals surface area contributed by atoms with Gasteiger partial charge in [0, 0.05) is 6.54 Å².